The van der Waals surface area contributed by atoms with Gasteiger partial charge in [-0.3, -0.25) is 5.32 Å². The summed E-state index contributed by atoms with van der Waals surface area (Å²) >= 11 is 1.89. The van der Waals surface area contributed by atoms with E-state index in [0.717, 1.165) is 17.9 Å². The molecule has 2 nitrogen and oxygen atoms in total. The maximum atomic E-state index is 9.27. The van der Waals surface area contributed by atoms with Crippen LogP contribution in [0.3, 0.4) is 0 Å². The lowest BCUT2D eigenvalue weighted by atomic mass is 10.0. The van der Waals surface area contributed by atoms with E-state index in [0.29, 0.717) is 6.04 Å². The van der Waals surface area contributed by atoms with E-state index in [9.17, 15) is 5.26 Å². The summed E-state index contributed by atoms with van der Waals surface area (Å²) in [6, 6.07) is 11.3. The van der Waals surface area contributed by atoms with Crippen molar-refractivity contribution in [1.82, 2.24) is 5.32 Å². The lowest BCUT2D eigenvalue weighted by molar-refractivity contribution is 0.397. The smallest absolute Gasteiger partial charge is 0.104 e. The zero-order valence-corrected chi connectivity index (χ0v) is 13.2. The minimum absolute atomic E-state index is 0.339. The van der Waals surface area contributed by atoms with E-state index in [1.54, 1.807) is 0 Å². The number of benzene rings is 1. The molecule has 3 heteroatoms. The normalized spacial score (nSPS) is 14.1. The Morgan fingerprint density at radius 1 is 1.42 bits per heavy atom. The van der Waals surface area contributed by atoms with Crippen molar-refractivity contribution in [3.63, 3.8) is 0 Å². The Labute approximate surface area is 121 Å². The molecule has 1 aromatic carbocycles. The summed E-state index contributed by atoms with van der Waals surface area (Å²) in [7, 11) is 0. The fourth-order valence-corrected chi connectivity index (χ4v) is 3.18. The largest absolute Gasteiger partial charge is 0.297 e. The van der Waals surface area contributed by atoms with Crippen LogP contribution in [0.5, 0.6) is 0 Å². The van der Waals surface area contributed by atoms with Gasteiger partial charge < -0.3 is 0 Å². The van der Waals surface area contributed by atoms with E-state index in [1.807, 2.05) is 18.7 Å². The molecule has 0 bridgehead atoms. The second kappa shape index (κ2) is 7.57. The first-order valence-electron chi connectivity index (χ1n) is 6.77. The molecule has 1 unspecified atom stereocenters. The van der Waals surface area contributed by atoms with Crippen molar-refractivity contribution in [2.24, 2.45) is 0 Å². The number of hydrogen-bond acceptors (Lipinski definition) is 3. The van der Waals surface area contributed by atoms with Gasteiger partial charge in [0.1, 0.15) is 5.54 Å². The Morgan fingerprint density at radius 2 is 2.16 bits per heavy atom. The fourth-order valence-electron chi connectivity index (χ4n) is 2.07. The van der Waals surface area contributed by atoms with E-state index < -0.39 is 5.54 Å². The molecule has 0 aliphatic heterocycles. The quantitative estimate of drug-likeness (QED) is 0.767. The molecule has 0 aromatic heterocycles. The standard InChI is InChI=1S/C16H24N2S/c1-13(2)18-16(4,12-17)8-9-19-11-15-7-5-6-14(3)10-15/h5-7,10,13,18H,8-9,11H2,1-4H3. The molecular weight excluding hydrogens is 252 g/mol. The molecular formula is C16H24N2S. The Hall–Kier alpha value is -0.980. The zero-order chi connectivity index (χ0) is 14.3. The Balaban J connectivity index is 2.36. The highest BCUT2D eigenvalue weighted by Gasteiger charge is 2.23. The number of aryl methyl sites for hydroxylation is 1. The van der Waals surface area contributed by atoms with E-state index in [-0.39, 0.29) is 0 Å². The average molecular weight is 276 g/mol. The van der Waals surface area contributed by atoms with Crippen molar-refractivity contribution >= 4 is 11.8 Å². The van der Waals surface area contributed by atoms with Gasteiger partial charge in [-0.15, -0.1) is 0 Å². The molecule has 0 saturated carbocycles. The van der Waals surface area contributed by atoms with Crippen molar-refractivity contribution in [2.75, 3.05) is 5.75 Å². The van der Waals surface area contributed by atoms with Crippen LogP contribution < -0.4 is 5.32 Å². The van der Waals surface area contributed by atoms with E-state index >= 15 is 0 Å². The van der Waals surface area contributed by atoms with Gasteiger partial charge in [0.25, 0.3) is 0 Å². The highest BCUT2D eigenvalue weighted by atomic mass is 32.2. The highest BCUT2D eigenvalue weighted by Crippen LogP contribution is 2.18. The van der Waals surface area contributed by atoms with Crippen LogP contribution in [0.25, 0.3) is 0 Å². The first-order chi connectivity index (χ1) is 8.95. The summed E-state index contributed by atoms with van der Waals surface area (Å²) < 4.78 is 0. The monoisotopic (exact) mass is 276 g/mol. The molecule has 1 atom stereocenters. The Bertz CT molecular complexity index is 437. The fraction of sp³-hybridized carbons (Fsp3) is 0.562. The van der Waals surface area contributed by atoms with Crippen LogP contribution in [-0.2, 0) is 5.75 Å². The van der Waals surface area contributed by atoms with Gasteiger partial charge >= 0.3 is 0 Å². The summed E-state index contributed by atoms with van der Waals surface area (Å²) in [5.41, 5.74) is 2.26. The van der Waals surface area contributed by atoms with E-state index in [1.165, 1.54) is 11.1 Å². The molecule has 0 saturated heterocycles. The molecule has 0 radical (unpaired) electrons. The second-order valence-electron chi connectivity index (χ2n) is 5.53. The second-order valence-corrected chi connectivity index (χ2v) is 6.64. The van der Waals surface area contributed by atoms with Crippen molar-refractivity contribution in [2.45, 2.75) is 51.4 Å². The summed E-state index contributed by atoms with van der Waals surface area (Å²) in [5, 5.41) is 12.6. The lowest BCUT2D eigenvalue weighted by Crippen LogP contribution is -2.45. The number of rotatable bonds is 7. The summed E-state index contributed by atoms with van der Waals surface area (Å²) in [5.74, 6) is 2.02. The molecule has 0 amide bonds. The minimum Gasteiger partial charge on any atom is -0.297 e. The average Bonchev–Trinajstić information content (AvgIpc) is 2.34. The molecule has 0 fully saturated rings. The number of thioether (sulfide) groups is 1. The summed E-state index contributed by atoms with van der Waals surface area (Å²) in [4.78, 5) is 0. The first kappa shape index (κ1) is 16.1. The maximum Gasteiger partial charge on any atom is 0.104 e. The Kier molecular flexibility index (Phi) is 6.41. The van der Waals surface area contributed by atoms with Crippen LogP contribution in [0.15, 0.2) is 24.3 Å². The summed E-state index contributed by atoms with van der Waals surface area (Å²) in [6.07, 6.45) is 0.873. The molecule has 0 spiro atoms. The van der Waals surface area contributed by atoms with E-state index in [4.69, 9.17) is 0 Å². The van der Waals surface area contributed by atoms with E-state index in [2.05, 4.69) is 56.4 Å². The number of nitrogens with zero attached hydrogens (tertiary/aromatic N) is 1. The third-order valence-corrected chi connectivity index (χ3v) is 3.98. The topological polar surface area (TPSA) is 35.8 Å². The van der Waals surface area contributed by atoms with Crippen LogP contribution >= 0.6 is 11.8 Å². The maximum absolute atomic E-state index is 9.27. The zero-order valence-electron chi connectivity index (χ0n) is 12.4. The van der Waals surface area contributed by atoms with Gasteiger partial charge in [0.15, 0.2) is 0 Å². The molecule has 1 rings (SSSR count). The third-order valence-electron chi connectivity index (χ3n) is 2.95. The minimum atomic E-state index is -0.409. The lowest BCUT2D eigenvalue weighted by Gasteiger charge is -2.25. The van der Waals surface area contributed by atoms with Gasteiger partial charge in [-0.2, -0.15) is 17.0 Å². The molecule has 1 aromatic rings. The van der Waals surface area contributed by atoms with Gasteiger partial charge in [0.05, 0.1) is 6.07 Å². The molecule has 0 aliphatic rings. The predicted molar refractivity (Wildman–Crippen MR) is 84.2 cm³/mol. The molecule has 0 aliphatic carbocycles. The van der Waals surface area contributed by atoms with Crippen LogP contribution in [0.2, 0.25) is 0 Å². The van der Waals surface area contributed by atoms with Crippen molar-refractivity contribution in [1.29, 1.82) is 5.26 Å². The SMILES string of the molecule is Cc1cccc(CSCCC(C)(C#N)NC(C)C)c1. The predicted octanol–water partition coefficient (Wildman–Crippen LogP) is 3.90. The first-order valence-corrected chi connectivity index (χ1v) is 7.93. The van der Waals surface area contributed by atoms with Crippen LogP contribution in [0, 0.1) is 18.3 Å². The van der Waals surface area contributed by atoms with Crippen molar-refractivity contribution in [3.8, 4) is 6.07 Å². The van der Waals surface area contributed by atoms with Gasteiger partial charge in [-0.1, -0.05) is 29.8 Å². The van der Waals surface area contributed by atoms with Gasteiger partial charge in [0, 0.05) is 11.8 Å². The molecule has 1 N–H and O–H groups in total. The number of hydrogen-bond donors (Lipinski definition) is 1. The summed E-state index contributed by atoms with van der Waals surface area (Å²) in [6.45, 7) is 8.26. The highest BCUT2D eigenvalue weighted by molar-refractivity contribution is 7.98. The van der Waals surface area contributed by atoms with Crippen LogP contribution in [0.4, 0.5) is 0 Å². The van der Waals surface area contributed by atoms with Crippen LogP contribution in [-0.4, -0.2) is 17.3 Å². The van der Waals surface area contributed by atoms with Crippen molar-refractivity contribution in [3.05, 3.63) is 35.4 Å². The van der Waals surface area contributed by atoms with Gasteiger partial charge in [-0.25, -0.2) is 0 Å². The molecule has 0 heterocycles. The van der Waals surface area contributed by atoms with Gasteiger partial charge in [0.2, 0.25) is 0 Å². The molecule has 104 valence electrons. The number of nitrogens with one attached hydrogen (secondary N) is 1. The van der Waals surface area contributed by atoms with Gasteiger partial charge in [-0.05, 0) is 45.4 Å². The molecule has 19 heavy (non-hydrogen) atoms. The number of nitriles is 1. The Morgan fingerprint density at radius 3 is 2.74 bits per heavy atom. The van der Waals surface area contributed by atoms with Crippen LogP contribution in [0.1, 0.15) is 38.3 Å². The third kappa shape index (κ3) is 6.13. The van der Waals surface area contributed by atoms with Crippen molar-refractivity contribution < 1.29 is 0 Å².